The summed E-state index contributed by atoms with van der Waals surface area (Å²) in [7, 11) is 0. The number of benzene rings is 1. The van der Waals surface area contributed by atoms with Crippen molar-refractivity contribution in [1.29, 1.82) is 0 Å². The van der Waals surface area contributed by atoms with E-state index < -0.39 is 6.10 Å². The van der Waals surface area contributed by atoms with Gasteiger partial charge in [0.2, 0.25) is 5.82 Å². The van der Waals surface area contributed by atoms with Crippen LogP contribution in [0, 0.1) is 6.92 Å². The van der Waals surface area contributed by atoms with Crippen LogP contribution in [0.15, 0.2) is 48.9 Å². The van der Waals surface area contributed by atoms with E-state index in [1.807, 2.05) is 25.3 Å². The maximum absolute atomic E-state index is 13.3. The minimum absolute atomic E-state index is 0.324. The molecular formula is C25H24ClN9O2. The number of aromatic nitrogens is 8. The number of carbonyl (C=O) groups is 1. The molecule has 0 aliphatic heterocycles. The number of rotatable bonds is 7. The quantitative estimate of drug-likeness (QED) is 0.336. The number of fused-ring (bicyclic) bond motifs is 1. The maximum Gasteiger partial charge on any atom is 0.259 e. The van der Waals surface area contributed by atoms with E-state index in [2.05, 4.69) is 30.9 Å². The van der Waals surface area contributed by atoms with Gasteiger partial charge in [0.1, 0.15) is 0 Å². The van der Waals surface area contributed by atoms with Gasteiger partial charge in [-0.05, 0) is 67.8 Å². The van der Waals surface area contributed by atoms with Crippen LogP contribution in [0.3, 0.4) is 0 Å². The molecule has 0 unspecified atom stereocenters. The van der Waals surface area contributed by atoms with Gasteiger partial charge in [-0.2, -0.15) is 15.0 Å². The first kappa shape index (κ1) is 23.3. The van der Waals surface area contributed by atoms with Crippen molar-refractivity contribution in [3.05, 3.63) is 65.2 Å². The van der Waals surface area contributed by atoms with Crippen molar-refractivity contribution < 1.29 is 9.90 Å². The third-order valence-corrected chi connectivity index (χ3v) is 6.58. The fraction of sp³-hybridized carbons (Fsp3) is 0.280. The van der Waals surface area contributed by atoms with E-state index >= 15 is 0 Å². The number of tetrazole rings is 1. The van der Waals surface area contributed by atoms with Gasteiger partial charge in [0.15, 0.2) is 0 Å². The average Bonchev–Trinajstić information content (AvgIpc) is 3.27. The predicted molar refractivity (Wildman–Crippen MR) is 137 cm³/mol. The van der Waals surface area contributed by atoms with Gasteiger partial charge in [0.25, 0.3) is 5.91 Å². The summed E-state index contributed by atoms with van der Waals surface area (Å²) in [5, 5.41) is 34.5. The van der Waals surface area contributed by atoms with Gasteiger partial charge >= 0.3 is 0 Å². The highest BCUT2D eigenvalue weighted by Crippen LogP contribution is 2.34. The predicted octanol–water partition coefficient (Wildman–Crippen LogP) is 3.78. The lowest BCUT2D eigenvalue weighted by Gasteiger charge is -2.08. The number of anilines is 1. The van der Waals surface area contributed by atoms with Crippen molar-refractivity contribution in [2.75, 3.05) is 5.32 Å². The monoisotopic (exact) mass is 517 g/mol. The molecule has 5 aromatic rings. The molecule has 4 heterocycles. The lowest BCUT2D eigenvalue weighted by molar-refractivity contribution is 0.102. The molecule has 1 aliphatic rings. The van der Waals surface area contributed by atoms with Crippen LogP contribution in [0.1, 0.15) is 41.9 Å². The number of aryl methyl sites for hydroxylation is 1. The number of aliphatic hydroxyl groups excluding tert-OH is 1. The van der Waals surface area contributed by atoms with Crippen molar-refractivity contribution in [3.63, 3.8) is 0 Å². The molecule has 0 radical (unpaired) electrons. The Morgan fingerprint density at radius 2 is 2.05 bits per heavy atom. The number of aliphatic hydroxyl groups is 1. The smallest absolute Gasteiger partial charge is 0.259 e. The van der Waals surface area contributed by atoms with Crippen LogP contribution in [-0.4, -0.2) is 56.7 Å². The van der Waals surface area contributed by atoms with Crippen molar-refractivity contribution in [2.24, 2.45) is 0 Å². The zero-order valence-electron chi connectivity index (χ0n) is 20.2. The first-order chi connectivity index (χ1) is 17.9. The minimum Gasteiger partial charge on any atom is -0.391 e. The van der Waals surface area contributed by atoms with E-state index in [1.54, 1.807) is 45.3 Å². The first-order valence-electron chi connectivity index (χ1n) is 12.0. The summed E-state index contributed by atoms with van der Waals surface area (Å²) in [6, 6.07) is 9.38. The number of hydrogen-bond acceptors (Lipinski definition) is 7. The van der Waals surface area contributed by atoms with Crippen molar-refractivity contribution in [2.45, 2.75) is 45.4 Å². The van der Waals surface area contributed by atoms with Gasteiger partial charge in [-0.25, -0.2) is 4.52 Å². The molecule has 6 rings (SSSR count). The molecule has 37 heavy (non-hydrogen) atoms. The van der Waals surface area contributed by atoms with Crippen LogP contribution in [-0.2, 0) is 6.54 Å². The molecular weight excluding hydrogens is 494 g/mol. The van der Waals surface area contributed by atoms with E-state index in [0.29, 0.717) is 45.8 Å². The molecule has 0 bridgehead atoms. The molecule has 188 valence electrons. The van der Waals surface area contributed by atoms with Gasteiger partial charge in [-0.3, -0.25) is 9.48 Å². The summed E-state index contributed by atoms with van der Waals surface area (Å²) in [5.41, 5.74) is 4.82. The van der Waals surface area contributed by atoms with Crippen LogP contribution in [0.2, 0.25) is 5.02 Å². The zero-order valence-corrected chi connectivity index (χ0v) is 21.0. The van der Waals surface area contributed by atoms with E-state index in [9.17, 15) is 9.90 Å². The Kier molecular flexibility index (Phi) is 5.73. The second-order valence-corrected chi connectivity index (χ2v) is 9.72. The molecule has 12 heteroatoms. The van der Waals surface area contributed by atoms with Gasteiger partial charge in [-0.15, -0.1) is 10.2 Å². The molecule has 1 aromatic carbocycles. The normalized spacial score (nSPS) is 14.3. The van der Waals surface area contributed by atoms with E-state index in [1.165, 1.54) is 6.20 Å². The average molecular weight is 518 g/mol. The second-order valence-electron chi connectivity index (χ2n) is 9.32. The molecule has 2 N–H and O–H groups in total. The van der Waals surface area contributed by atoms with Crippen molar-refractivity contribution in [3.8, 4) is 22.5 Å². The number of carbonyl (C=O) groups excluding carboxylic acids is 1. The molecule has 1 aliphatic carbocycles. The van der Waals surface area contributed by atoms with Crippen molar-refractivity contribution in [1.82, 2.24) is 39.6 Å². The lowest BCUT2D eigenvalue weighted by atomic mass is 10.1. The van der Waals surface area contributed by atoms with E-state index in [-0.39, 0.29) is 5.91 Å². The highest BCUT2D eigenvalue weighted by atomic mass is 35.5. The summed E-state index contributed by atoms with van der Waals surface area (Å²) in [4.78, 5) is 14.9. The van der Waals surface area contributed by atoms with Crippen molar-refractivity contribution >= 4 is 28.7 Å². The van der Waals surface area contributed by atoms with Crippen LogP contribution in [0.5, 0.6) is 0 Å². The molecule has 1 amide bonds. The number of hydrogen-bond donors (Lipinski definition) is 2. The van der Waals surface area contributed by atoms with Crippen LogP contribution in [0.4, 0.5) is 5.69 Å². The summed E-state index contributed by atoms with van der Waals surface area (Å²) in [6.45, 7) is 4.03. The van der Waals surface area contributed by atoms with Crippen LogP contribution >= 0.6 is 11.6 Å². The minimum atomic E-state index is -0.508. The Morgan fingerprint density at radius 3 is 2.84 bits per heavy atom. The molecule has 0 spiro atoms. The number of amides is 1. The number of halogens is 1. The molecule has 4 aromatic heterocycles. The second kappa shape index (κ2) is 9.09. The topological polar surface area (TPSA) is 128 Å². The summed E-state index contributed by atoms with van der Waals surface area (Å²) in [5.74, 6) is 0.133. The number of nitrogens with zero attached hydrogens (tertiary/aromatic N) is 8. The number of pyridine rings is 1. The van der Waals surface area contributed by atoms with Gasteiger partial charge in [0, 0.05) is 23.5 Å². The molecule has 1 fully saturated rings. The third-order valence-electron chi connectivity index (χ3n) is 6.25. The Labute approximate surface area is 216 Å². The molecule has 1 saturated carbocycles. The Bertz CT molecular complexity index is 1630. The van der Waals surface area contributed by atoms with E-state index in [0.717, 1.165) is 29.7 Å². The first-order valence-corrected chi connectivity index (χ1v) is 12.3. The lowest BCUT2D eigenvalue weighted by Crippen LogP contribution is -2.12. The Hall–Kier alpha value is -4.09. The van der Waals surface area contributed by atoms with Gasteiger partial charge in [-0.1, -0.05) is 11.6 Å². The highest BCUT2D eigenvalue weighted by Gasteiger charge is 2.26. The van der Waals surface area contributed by atoms with E-state index in [4.69, 9.17) is 11.6 Å². The fourth-order valence-electron chi connectivity index (χ4n) is 4.24. The Balaban J connectivity index is 1.28. The molecule has 1 atom stereocenters. The van der Waals surface area contributed by atoms with Crippen LogP contribution < -0.4 is 5.32 Å². The molecule has 0 saturated heterocycles. The third kappa shape index (κ3) is 4.58. The summed E-state index contributed by atoms with van der Waals surface area (Å²) < 4.78 is 3.36. The number of nitrogens with one attached hydrogen (secondary N) is 1. The Morgan fingerprint density at radius 1 is 1.22 bits per heavy atom. The highest BCUT2D eigenvalue weighted by molar-refractivity contribution is 6.34. The van der Waals surface area contributed by atoms with Crippen LogP contribution in [0.25, 0.3) is 28.0 Å². The maximum atomic E-state index is 13.3. The van der Waals surface area contributed by atoms with Gasteiger partial charge < -0.3 is 10.4 Å². The summed E-state index contributed by atoms with van der Waals surface area (Å²) in [6.07, 6.45) is 6.83. The zero-order chi connectivity index (χ0) is 25.7. The summed E-state index contributed by atoms with van der Waals surface area (Å²) >= 11 is 6.41. The van der Waals surface area contributed by atoms with Gasteiger partial charge in [0.05, 0.1) is 52.4 Å². The molecule has 11 nitrogen and oxygen atoms in total. The largest absolute Gasteiger partial charge is 0.391 e. The SMILES string of the molecule is Cc1nn(C[C@H](C)O)cc1-c1ccn2ncc(C(=O)Nc3cc(-c4nnn(C5CC5)n4)ccc3Cl)c2c1. The standard InChI is InChI=1S/C25H24ClN9O2/c1-14(36)12-33-13-20(15(2)30-33)16-7-8-34-23(10-16)19(11-27-34)25(37)28-22-9-17(3-6-21(22)26)24-29-32-35(31-24)18-4-5-18/h3,6-11,13-14,18,36H,4-5,12H2,1-2H3,(H,28,37)/t14-/m0/s1. The fourth-order valence-corrected chi connectivity index (χ4v) is 4.40.